The van der Waals surface area contributed by atoms with Gasteiger partial charge in [-0.2, -0.15) is 0 Å². The number of esters is 1. The Hall–Kier alpha value is -2.49. The number of hydrogen-bond acceptors (Lipinski definition) is 6. The van der Waals surface area contributed by atoms with Crippen molar-refractivity contribution in [3.8, 4) is 5.00 Å². The lowest BCUT2D eigenvalue weighted by molar-refractivity contribution is -0.149. The fourth-order valence-corrected chi connectivity index (χ4v) is 7.41. The van der Waals surface area contributed by atoms with Crippen LogP contribution in [0.5, 0.6) is 0 Å². The van der Waals surface area contributed by atoms with Crippen LogP contribution in [0.1, 0.15) is 75.8 Å². The van der Waals surface area contributed by atoms with Gasteiger partial charge in [0.15, 0.2) is 0 Å². The first-order valence-corrected chi connectivity index (χ1v) is 15.8. The summed E-state index contributed by atoms with van der Waals surface area (Å²) in [6, 6.07) is 3.72. The van der Waals surface area contributed by atoms with Crippen molar-refractivity contribution in [3.63, 3.8) is 0 Å². The highest BCUT2D eigenvalue weighted by atomic mass is 32.2. The molecule has 2 amide bonds. The van der Waals surface area contributed by atoms with Gasteiger partial charge < -0.3 is 19.9 Å². The number of urea groups is 1. The summed E-state index contributed by atoms with van der Waals surface area (Å²) in [6.45, 7) is 15.4. The van der Waals surface area contributed by atoms with E-state index in [1.54, 1.807) is 0 Å². The van der Waals surface area contributed by atoms with E-state index in [4.69, 9.17) is 4.74 Å². The van der Waals surface area contributed by atoms with Crippen LogP contribution in [0.3, 0.4) is 0 Å². The molecule has 0 spiro atoms. The second-order valence-electron chi connectivity index (χ2n) is 11.1. The van der Waals surface area contributed by atoms with E-state index >= 15 is 0 Å². The number of thiophene rings is 1. The molecule has 0 saturated carbocycles. The number of fused-ring (bicyclic) bond motifs is 1. The first kappa shape index (κ1) is 29.5. The minimum Gasteiger partial charge on any atom is -0.456 e. The van der Waals surface area contributed by atoms with Crippen molar-refractivity contribution in [1.82, 2.24) is 20.1 Å². The normalized spacial score (nSPS) is 17.5. The molecule has 39 heavy (non-hydrogen) atoms. The molecule has 212 valence electrons. The summed E-state index contributed by atoms with van der Waals surface area (Å²) in [5.74, 6) is 0.386. The van der Waals surface area contributed by atoms with Gasteiger partial charge in [0.2, 0.25) is 0 Å². The molecule has 0 atom stereocenters. The quantitative estimate of drug-likeness (QED) is 0.387. The SMILES string of the molecule is C=C1CCCCCCSC(NC(=O)NCc2c(-n3cccc3)sc3c2CCN(CC)C3)=C1C(=O)OC(C)(C)C. The van der Waals surface area contributed by atoms with Crippen LogP contribution in [0.15, 0.2) is 47.3 Å². The summed E-state index contributed by atoms with van der Waals surface area (Å²) in [5, 5.41) is 7.80. The zero-order valence-corrected chi connectivity index (χ0v) is 25.4. The Balaban J connectivity index is 1.57. The molecule has 0 fully saturated rings. The second kappa shape index (κ2) is 13.2. The van der Waals surface area contributed by atoms with Crippen LogP contribution < -0.4 is 10.6 Å². The fraction of sp³-hybridized carbons (Fsp3) is 0.533. The van der Waals surface area contributed by atoms with Crippen LogP contribution in [0, 0.1) is 0 Å². The summed E-state index contributed by atoms with van der Waals surface area (Å²) in [7, 11) is 0. The van der Waals surface area contributed by atoms with Crippen LogP contribution in [0.4, 0.5) is 4.79 Å². The van der Waals surface area contributed by atoms with Crippen molar-refractivity contribution in [1.29, 1.82) is 0 Å². The molecule has 2 aromatic heterocycles. The van der Waals surface area contributed by atoms with Crippen molar-refractivity contribution >= 4 is 35.1 Å². The molecule has 4 heterocycles. The van der Waals surface area contributed by atoms with Gasteiger partial charge in [0.25, 0.3) is 0 Å². The van der Waals surface area contributed by atoms with E-state index in [-0.39, 0.29) is 6.03 Å². The largest absolute Gasteiger partial charge is 0.456 e. The Morgan fingerprint density at radius 1 is 1.10 bits per heavy atom. The maximum atomic E-state index is 13.3. The van der Waals surface area contributed by atoms with Gasteiger partial charge >= 0.3 is 12.0 Å². The van der Waals surface area contributed by atoms with E-state index in [0.29, 0.717) is 23.6 Å². The molecule has 2 aromatic rings. The van der Waals surface area contributed by atoms with Gasteiger partial charge in [-0.05, 0) is 82.0 Å². The van der Waals surface area contributed by atoms with E-state index in [9.17, 15) is 9.59 Å². The van der Waals surface area contributed by atoms with E-state index in [1.807, 2.05) is 44.2 Å². The number of nitrogens with zero attached hydrogens (tertiary/aromatic N) is 2. The van der Waals surface area contributed by atoms with Crippen molar-refractivity contribution < 1.29 is 14.3 Å². The number of likely N-dealkylation sites (N-methyl/N-ethyl adjacent to an activating group) is 1. The van der Waals surface area contributed by atoms with Gasteiger partial charge in [-0.3, -0.25) is 4.90 Å². The average molecular weight is 571 g/mol. The second-order valence-corrected chi connectivity index (χ2v) is 13.3. The molecular weight excluding hydrogens is 528 g/mol. The van der Waals surface area contributed by atoms with Crippen molar-refractivity contribution in [2.24, 2.45) is 0 Å². The number of nitrogens with one attached hydrogen (secondary N) is 2. The van der Waals surface area contributed by atoms with E-state index in [1.165, 1.54) is 27.8 Å². The average Bonchev–Trinajstić information content (AvgIpc) is 3.53. The monoisotopic (exact) mass is 570 g/mol. The number of ether oxygens (including phenoxy) is 1. The Kier molecular flexibility index (Phi) is 10.0. The highest BCUT2D eigenvalue weighted by Gasteiger charge is 2.28. The summed E-state index contributed by atoms with van der Waals surface area (Å²) >= 11 is 3.31. The third kappa shape index (κ3) is 7.80. The Bertz CT molecular complexity index is 1210. The third-order valence-electron chi connectivity index (χ3n) is 6.97. The summed E-state index contributed by atoms with van der Waals surface area (Å²) in [6.07, 6.45) is 10.0. The summed E-state index contributed by atoms with van der Waals surface area (Å²) in [5.41, 5.74) is 2.99. The van der Waals surface area contributed by atoms with Gasteiger partial charge in [0.05, 0.1) is 10.6 Å². The number of aromatic nitrogens is 1. The Labute approximate surface area is 241 Å². The molecule has 0 aromatic carbocycles. The molecule has 0 radical (unpaired) electrons. The van der Waals surface area contributed by atoms with Crippen LogP contribution in [0.2, 0.25) is 0 Å². The zero-order valence-electron chi connectivity index (χ0n) is 23.7. The minimum absolute atomic E-state index is 0.326. The third-order valence-corrected chi connectivity index (χ3v) is 9.33. The standard InChI is InChI=1S/C30H42N4O3S2/c1-6-33-17-14-22-23(27(39-24(22)20-33)34-15-10-11-16-34)19-31-29(36)32-26-25(28(35)37-30(3,4)5)21(2)13-9-7-8-12-18-38-26/h10-11,15-16H,2,6-9,12-14,17-20H2,1,3-5H3,(H2,31,32,36). The van der Waals surface area contributed by atoms with Crippen molar-refractivity contribution in [2.45, 2.75) is 84.9 Å². The molecule has 0 aliphatic carbocycles. The zero-order chi connectivity index (χ0) is 28.0. The maximum absolute atomic E-state index is 13.3. The van der Waals surface area contributed by atoms with Crippen molar-refractivity contribution in [3.05, 3.63) is 63.3 Å². The molecule has 0 unspecified atom stereocenters. The van der Waals surface area contributed by atoms with Gasteiger partial charge in [-0.1, -0.05) is 26.3 Å². The topological polar surface area (TPSA) is 75.6 Å². The smallest absolute Gasteiger partial charge is 0.341 e. The lowest BCUT2D eigenvalue weighted by atomic mass is 10.0. The lowest BCUT2D eigenvalue weighted by Crippen LogP contribution is -2.36. The first-order valence-electron chi connectivity index (χ1n) is 14.0. The highest BCUT2D eigenvalue weighted by Crippen LogP contribution is 2.36. The number of carbonyl (C=O) groups is 2. The number of carbonyl (C=O) groups excluding carboxylic acids is 2. The molecule has 7 nitrogen and oxygen atoms in total. The minimum atomic E-state index is -0.641. The lowest BCUT2D eigenvalue weighted by Gasteiger charge is -2.25. The molecule has 2 N–H and O–H groups in total. The van der Waals surface area contributed by atoms with Crippen LogP contribution >= 0.6 is 23.1 Å². The first-order chi connectivity index (χ1) is 18.7. The number of thioether (sulfide) groups is 1. The summed E-state index contributed by atoms with van der Waals surface area (Å²) in [4.78, 5) is 30.4. The number of hydrogen-bond donors (Lipinski definition) is 2. The van der Waals surface area contributed by atoms with Crippen LogP contribution in [-0.4, -0.2) is 45.9 Å². The Morgan fingerprint density at radius 3 is 2.56 bits per heavy atom. The van der Waals surface area contributed by atoms with Crippen LogP contribution in [0.25, 0.3) is 5.00 Å². The van der Waals surface area contributed by atoms with Gasteiger partial charge in [0.1, 0.15) is 10.6 Å². The molecule has 2 aliphatic heterocycles. The van der Waals surface area contributed by atoms with E-state index in [0.717, 1.165) is 68.1 Å². The molecule has 2 aliphatic rings. The fourth-order valence-electron chi connectivity index (χ4n) is 4.94. The predicted molar refractivity (Wildman–Crippen MR) is 161 cm³/mol. The maximum Gasteiger partial charge on any atom is 0.341 e. The molecular formula is C30H42N4O3S2. The van der Waals surface area contributed by atoms with E-state index < -0.39 is 11.6 Å². The van der Waals surface area contributed by atoms with Gasteiger partial charge in [0, 0.05) is 42.5 Å². The number of amides is 2. The van der Waals surface area contributed by atoms with Crippen LogP contribution in [-0.2, 0) is 29.0 Å². The van der Waals surface area contributed by atoms with Gasteiger partial charge in [-0.25, -0.2) is 9.59 Å². The molecule has 0 saturated heterocycles. The summed E-state index contributed by atoms with van der Waals surface area (Å²) < 4.78 is 7.87. The molecule has 9 heteroatoms. The Morgan fingerprint density at radius 2 is 1.85 bits per heavy atom. The highest BCUT2D eigenvalue weighted by molar-refractivity contribution is 8.03. The number of rotatable bonds is 6. The predicted octanol–water partition coefficient (Wildman–Crippen LogP) is 6.52. The van der Waals surface area contributed by atoms with E-state index in [2.05, 4.69) is 46.0 Å². The molecule has 4 rings (SSSR count). The molecule has 0 bridgehead atoms. The van der Waals surface area contributed by atoms with Crippen molar-refractivity contribution in [2.75, 3.05) is 18.8 Å². The van der Waals surface area contributed by atoms with Gasteiger partial charge in [-0.15, -0.1) is 23.1 Å².